The summed E-state index contributed by atoms with van der Waals surface area (Å²) in [5, 5.41) is 7.82. The zero-order valence-electron chi connectivity index (χ0n) is 18.3. The van der Waals surface area contributed by atoms with E-state index in [0.717, 1.165) is 22.5 Å². The molecule has 0 bridgehead atoms. The van der Waals surface area contributed by atoms with E-state index < -0.39 is 18.0 Å². The van der Waals surface area contributed by atoms with Crippen molar-refractivity contribution in [1.82, 2.24) is 9.78 Å². The molecule has 34 heavy (non-hydrogen) atoms. The third-order valence-electron chi connectivity index (χ3n) is 5.49. The molecule has 1 aliphatic rings. The normalized spacial score (nSPS) is 14.9. The van der Waals surface area contributed by atoms with E-state index in [0.29, 0.717) is 11.3 Å². The zero-order valence-corrected chi connectivity index (χ0v) is 18.3. The van der Waals surface area contributed by atoms with Crippen molar-refractivity contribution in [3.05, 3.63) is 114 Å². The summed E-state index contributed by atoms with van der Waals surface area (Å²) in [4.78, 5) is 24.8. The third-order valence-corrected chi connectivity index (χ3v) is 5.49. The molecule has 0 saturated heterocycles. The number of nitrogens with zero attached hydrogens (tertiary/aromatic N) is 2. The van der Waals surface area contributed by atoms with Crippen molar-refractivity contribution < 1.29 is 19.1 Å². The van der Waals surface area contributed by atoms with Gasteiger partial charge < -0.3 is 14.8 Å². The van der Waals surface area contributed by atoms with Crippen molar-refractivity contribution in [3.8, 4) is 16.9 Å². The monoisotopic (exact) mass is 451 g/mol. The van der Waals surface area contributed by atoms with E-state index in [-0.39, 0.29) is 5.70 Å². The van der Waals surface area contributed by atoms with E-state index in [1.807, 2.05) is 66.9 Å². The largest absolute Gasteiger partial charge is 0.465 e. The summed E-state index contributed by atoms with van der Waals surface area (Å²) in [7, 11) is 1.31. The molecular formula is C27H21N3O4. The van der Waals surface area contributed by atoms with E-state index in [1.54, 1.807) is 35.0 Å². The Labute approximate surface area is 196 Å². The van der Waals surface area contributed by atoms with Crippen LogP contribution >= 0.6 is 0 Å². The number of hydrogen-bond acceptors (Lipinski definition) is 6. The van der Waals surface area contributed by atoms with Gasteiger partial charge in [-0.05, 0) is 30.3 Å². The number of benzene rings is 3. The number of hydrogen-bond donors (Lipinski definition) is 1. The molecule has 7 heteroatoms. The minimum atomic E-state index is -0.645. The summed E-state index contributed by atoms with van der Waals surface area (Å²) < 4.78 is 12.3. The van der Waals surface area contributed by atoms with Gasteiger partial charge in [0.2, 0.25) is 0 Å². The van der Waals surface area contributed by atoms with Crippen molar-refractivity contribution in [1.29, 1.82) is 0 Å². The third kappa shape index (κ3) is 4.06. The molecule has 5 rings (SSSR count). The van der Waals surface area contributed by atoms with Gasteiger partial charge in [0.1, 0.15) is 5.70 Å². The molecule has 1 aromatic heterocycles. The number of carbonyl (C=O) groups excluding carboxylic acids is 2. The molecule has 1 N–H and O–H groups in total. The fourth-order valence-electron chi connectivity index (χ4n) is 3.83. The topological polar surface area (TPSA) is 82.4 Å². The maximum absolute atomic E-state index is 12.7. The lowest BCUT2D eigenvalue weighted by atomic mass is 10.0. The summed E-state index contributed by atoms with van der Waals surface area (Å²) in [6.45, 7) is 0. The molecule has 4 aromatic rings. The van der Waals surface area contributed by atoms with Crippen LogP contribution in [0.15, 0.2) is 103 Å². The Morgan fingerprint density at radius 1 is 0.971 bits per heavy atom. The van der Waals surface area contributed by atoms with Crippen LogP contribution in [0.4, 0.5) is 5.69 Å². The number of para-hydroxylation sites is 2. The second-order valence-electron chi connectivity index (χ2n) is 7.65. The molecule has 1 aliphatic heterocycles. The van der Waals surface area contributed by atoms with Crippen LogP contribution in [0.5, 0.6) is 0 Å². The van der Waals surface area contributed by atoms with Gasteiger partial charge in [0.25, 0.3) is 0 Å². The van der Waals surface area contributed by atoms with Crippen molar-refractivity contribution in [3.63, 3.8) is 0 Å². The number of cyclic esters (lactones) is 1. The highest BCUT2D eigenvalue weighted by atomic mass is 16.5. The number of methoxy groups -OCH3 is 1. The van der Waals surface area contributed by atoms with Crippen molar-refractivity contribution in [2.45, 2.75) is 6.10 Å². The van der Waals surface area contributed by atoms with Crippen molar-refractivity contribution in [2.75, 3.05) is 12.4 Å². The predicted octanol–water partition coefficient (Wildman–Crippen LogP) is 4.92. The molecule has 3 aromatic carbocycles. The molecule has 0 fully saturated rings. The van der Waals surface area contributed by atoms with Gasteiger partial charge in [0.15, 0.2) is 6.10 Å². The number of aromatic nitrogens is 2. The number of esters is 2. The first-order valence-corrected chi connectivity index (χ1v) is 10.7. The maximum Gasteiger partial charge on any atom is 0.355 e. The molecule has 0 radical (unpaired) electrons. The SMILES string of the molecule is COC(=O)c1ccccc1NC1=CC(c2cn(-c3ccccc3)nc2-c2ccccc2)OC1=O. The summed E-state index contributed by atoms with van der Waals surface area (Å²) in [5.74, 6) is -1.02. The lowest BCUT2D eigenvalue weighted by Crippen LogP contribution is -2.12. The number of ether oxygens (including phenoxy) is 2. The number of nitrogens with one attached hydrogen (secondary N) is 1. The fourth-order valence-corrected chi connectivity index (χ4v) is 3.83. The van der Waals surface area contributed by atoms with Gasteiger partial charge in [-0.25, -0.2) is 14.3 Å². The molecule has 0 aliphatic carbocycles. The van der Waals surface area contributed by atoms with Crippen LogP contribution in [0.1, 0.15) is 22.0 Å². The first-order chi connectivity index (χ1) is 16.6. The van der Waals surface area contributed by atoms with E-state index in [9.17, 15) is 9.59 Å². The zero-order chi connectivity index (χ0) is 23.5. The lowest BCUT2D eigenvalue weighted by Gasteiger charge is -2.09. The molecule has 7 nitrogen and oxygen atoms in total. The quantitative estimate of drug-likeness (QED) is 0.419. The molecule has 168 valence electrons. The van der Waals surface area contributed by atoms with Crippen LogP contribution in [0.25, 0.3) is 16.9 Å². The average molecular weight is 451 g/mol. The summed E-state index contributed by atoms with van der Waals surface area (Å²) in [5.41, 5.74) is 4.30. The summed E-state index contributed by atoms with van der Waals surface area (Å²) in [6.07, 6.45) is 2.93. The van der Waals surface area contributed by atoms with Crippen molar-refractivity contribution in [2.24, 2.45) is 0 Å². The van der Waals surface area contributed by atoms with Crippen LogP contribution in [0, 0.1) is 0 Å². The smallest absolute Gasteiger partial charge is 0.355 e. The van der Waals surface area contributed by atoms with E-state index >= 15 is 0 Å². The average Bonchev–Trinajstić information content (AvgIpc) is 3.49. The molecule has 0 saturated carbocycles. The molecular weight excluding hydrogens is 430 g/mol. The van der Waals surface area contributed by atoms with E-state index in [1.165, 1.54) is 7.11 Å². The van der Waals surface area contributed by atoms with Gasteiger partial charge >= 0.3 is 11.9 Å². The molecule has 0 amide bonds. The summed E-state index contributed by atoms with van der Waals surface area (Å²) in [6, 6.07) is 26.3. The summed E-state index contributed by atoms with van der Waals surface area (Å²) >= 11 is 0. The van der Waals surface area contributed by atoms with E-state index in [4.69, 9.17) is 14.6 Å². The minimum Gasteiger partial charge on any atom is -0.465 e. The van der Waals surface area contributed by atoms with Gasteiger partial charge in [0.05, 0.1) is 29.7 Å². The second kappa shape index (κ2) is 9.07. The minimum absolute atomic E-state index is 0.243. The molecule has 1 unspecified atom stereocenters. The second-order valence-corrected chi connectivity index (χ2v) is 7.65. The highest BCUT2D eigenvalue weighted by Gasteiger charge is 2.31. The molecule has 2 heterocycles. The van der Waals surface area contributed by atoms with Crippen LogP contribution in [0.2, 0.25) is 0 Å². The van der Waals surface area contributed by atoms with Crippen LogP contribution in [-0.2, 0) is 14.3 Å². The Morgan fingerprint density at radius 3 is 2.38 bits per heavy atom. The Balaban J connectivity index is 1.53. The van der Waals surface area contributed by atoms with Crippen LogP contribution < -0.4 is 5.32 Å². The van der Waals surface area contributed by atoms with Crippen LogP contribution in [0.3, 0.4) is 0 Å². The Hall–Kier alpha value is -4.65. The molecule has 0 spiro atoms. The lowest BCUT2D eigenvalue weighted by molar-refractivity contribution is -0.139. The first kappa shape index (κ1) is 21.2. The fraction of sp³-hybridized carbons (Fsp3) is 0.0741. The van der Waals surface area contributed by atoms with Gasteiger partial charge in [0, 0.05) is 17.3 Å². The van der Waals surface area contributed by atoms with E-state index in [2.05, 4.69) is 5.32 Å². The van der Waals surface area contributed by atoms with Gasteiger partial charge in [-0.1, -0.05) is 60.7 Å². The van der Waals surface area contributed by atoms with Gasteiger partial charge in [-0.2, -0.15) is 5.10 Å². The standard InChI is InChI=1S/C27H21N3O4/c1-33-26(31)20-14-8-9-15-22(20)28-23-16-24(34-27(23)32)21-17-30(19-12-6-3-7-13-19)29-25(21)18-10-4-2-5-11-18/h2-17,24,28H,1H3. The predicted molar refractivity (Wildman–Crippen MR) is 127 cm³/mol. The maximum atomic E-state index is 12.7. The Bertz CT molecular complexity index is 1380. The Kier molecular flexibility index (Phi) is 5.66. The number of rotatable bonds is 6. The highest BCUT2D eigenvalue weighted by Crippen LogP contribution is 2.35. The highest BCUT2D eigenvalue weighted by molar-refractivity contribution is 5.99. The van der Waals surface area contributed by atoms with Crippen LogP contribution in [-0.4, -0.2) is 28.8 Å². The first-order valence-electron chi connectivity index (χ1n) is 10.7. The number of anilines is 1. The van der Waals surface area contributed by atoms with Gasteiger partial charge in [-0.3, -0.25) is 0 Å². The van der Waals surface area contributed by atoms with Crippen molar-refractivity contribution >= 4 is 17.6 Å². The molecule has 1 atom stereocenters. The number of carbonyl (C=O) groups is 2. The Morgan fingerprint density at radius 2 is 1.65 bits per heavy atom. The van der Waals surface area contributed by atoms with Gasteiger partial charge in [-0.15, -0.1) is 0 Å².